The van der Waals surface area contributed by atoms with Crippen molar-refractivity contribution in [3.63, 3.8) is 0 Å². The molecule has 2 rings (SSSR count). The summed E-state index contributed by atoms with van der Waals surface area (Å²) >= 11 is 0. The molecule has 8 nitrogen and oxygen atoms in total. The summed E-state index contributed by atoms with van der Waals surface area (Å²) < 4.78 is 21.1. The molecule has 0 amide bonds. The number of nitro groups is 1. The minimum Gasteiger partial charge on any atom is -0.460 e. The van der Waals surface area contributed by atoms with Crippen LogP contribution in [0.4, 0.5) is 15.9 Å². The summed E-state index contributed by atoms with van der Waals surface area (Å²) in [6.45, 7) is 5.84. The molecule has 140 valence electrons. The molecule has 0 spiro atoms. The summed E-state index contributed by atoms with van der Waals surface area (Å²) in [6.07, 6.45) is 0.943. The molecule has 1 aliphatic heterocycles. The molecule has 1 aliphatic rings. The Morgan fingerprint density at radius 2 is 2.20 bits per heavy atom. The SMILES string of the molecule is Cn1ncc([N+](=O)[O-])c1N1CCC(CC(=O)OC(C)(C)C)CC(F)C1. The topological polar surface area (TPSA) is 90.5 Å². The zero-order valence-corrected chi connectivity index (χ0v) is 15.1. The second kappa shape index (κ2) is 7.37. The van der Waals surface area contributed by atoms with Crippen LogP contribution in [0.1, 0.15) is 40.0 Å². The number of anilines is 1. The van der Waals surface area contributed by atoms with Gasteiger partial charge in [0.05, 0.1) is 11.5 Å². The minimum absolute atomic E-state index is 0.0468. The van der Waals surface area contributed by atoms with Crippen molar-refractivity contribution >= 4 is 17.5 Å². The van der Waals surface area contributed by atoms with Gasteiger partial charge in [0, 0.05) is 20.0 Å². The summed E-state index contributed by atoms with van der Waals surface area (Å²) in [5, 5.41) is 15.1. The van der Waals surface area contributed by atoms with Crippen molar-refractivity contribution in [2.75, 3.05) is 18.0 Å². The van der Waals surface area contributed by atoms with E-state index in [-0.39, 0.29) is 37.0 Å². The Labute approximate surface area is 146 Å². The number of hydrogen-bond acceptors (Lipinski definition) is 6. The molecule has 1 fully saturated rings. The van der Waals surface area contributed by atoms with Gasteiger partial charge in [0.15, 0.2) is 0 Å². The Bertz CT molecular complexity index is 641. The van der Waals surface area contributed by atoms with Gasteiger partial charge in [-0.15, -0.1) is 0 Å². The normalized spacial score (nSPS) is 21.7. The Morgan fingerprint density at radius 3 is 2.80 bits per heavy atom. The first kappa shape index (κ1) is 19.1. The van der Waals surface area contributed by atoms with Gasteiger partial charge in [-0.1, -0.05) is 0 Å². The Morgan fingerprint density at radius 1 is 1.52 bits per heavy atom. The van der Waals surface area contributed by atoms with E-state index in [9.17, 15) is 19.3 Å². The van der Waals surface area contributed by atoms with Gasteiger partial charge in [-0.25, -0.2) is 9.07 Å². The molecule has 0 radical (unpaired) electrons. The van der Waals surface area contributed by atoms with Crippen LogP contribution < -0.4 is 4.90 Å². The number of nitrogens with zero attached hydrogens (tertiary/aromatic N) is 4. The summed E-state index contributed by atoms with van der Waals surface area (Å²) in [5.41, 5.74) is -0.710. The van der Waals surface area contributed by atoms with Gasteiger partial charge in [-0.05, 0) is 39.5 Å². The lowest BCUT2D eigenvalue weighted by Gasteiger charge is -2.22. The van der Waals surface area contributed by atoms with Gasteiger partial charge < -0.3 is 9.64 Å². The minimum atomic E-state index is -1.18. The number of rotatable bonds is 4. The number of halogens is 1. The van der Waals surface area contributed by atoms with Gasteiger partial charge in [0.1, 0.15) is 18.0 Å². The standard InChI is InChI=1S/C16H25FN4O4/c1-16(2,3)25-14(22)8-11-5-6-20(10-12(17)7-11)15-13(21(23)24)9-18-19(15)4/h9,11-12H,5-8,10H2,1-4H3. The van der Waals surface area contributed by atoms with Crippen LogP contribution in [0.15, 0.2) is 6.20 Å². The van der Waals surface area contributed by atoms with E-state index in [0.29, 0.717) is 18.8 Å². The molecule has 1 aromatic heterocycles. The van der Waals surface area contributed by atoms with Crippen LogP contribution in [0, 0.1) is 16.0 Å². The highest BCUT2D eigenvalue weighted by atomic mass is 19.1. The maximum absolute atomic E-state index is 14.4. The van der Waals surface area contributed by atoms with E-state index in [0.717, 1.165) is 0 Å². The largest absolute Gasteiger partial charge is 0.460 e. The van der Waals surface area contributed by atoms with E-state index >= 15 is 0 Å². The molecule has 0 aliphatic carbocycles. The maximum Gasteiger partial charge on any atom is 0.331 e. The fourth-order valence-electron chi connectivity index (χ4n) is 3.13. The number of aromatic nitrogens is 2. The predicted octanol–water partition coefficient (Wildman–Crippen LogP) is 2.61. The molecule has 9 heteroatoms. The van der Waals surface area contributed by atoms with Crippen LogP contribution in [0.25, 0.3) is 0 Å². The van der Waals surface area contributed by atoms with Crippen molar-refractivity contribution in [2.45, 2.75) is 51.8 Å². The number of esters is 1. The Kier molecular flexibility index (Phi) is 5.64. The molecular formula is C16H25FN4O4. The van der Waals surface area contributed by atoms with Crippen molar-refractivity contribution in [3.8, 4) is 0 Å². The number of carbonyl (C=O) groups excluding carboxylic acids is 1. The maximum atomic E-state index is 14.4. The van der Waals surface area contributed by atoms with Crippen LogP contribution in [-0.4, -0.2) is 45.5 Å². The summed E-state index contributed by atoms with van der Waals surface area (Å²) in [5.74, 6) is -0.197. The molecule has 0 saturated carbocycles. The summed E-state index contributed by atoms with van der Waals surface area (Å²) in [7, 11) is 1.60. The van der Waals surface area contributed by atoms with Crippen molar-refractivity contribution in [2.24, 2.45) is 13.0 Å². The molecule has 0 aromatic carbocycles. The van der Waals surface area contributed by atoms with E-state index in [1.807, 2.05) is 0 Å². The average molecular weight is 356 g/mol. The van der Waals surface area contributed by atoms with Gasteiger partial charge in [0.2, 0.25) is 5.82 Å². The van der Waals surface area contributed by atoms with Crippen LogP contribution in [0.2, 0.25) is 0 Å². The number of alkyl halides is 1. The van der Waals surface area contributed by atoms with Gasteiger partial charge >= 0.3 is 11.7 Å². The fourth-order valence-corrected chi connectivity index (χ4v) is 3.13. The lowest BCUT2D eigenvalue weighted by molar-refractivity contribution is -0.384. The van der Waals surface area contributed by atoms with E-state index in [1.165, 1.54) is 10.9 Å². The van der Waals surface area contributed by atoms with E-state index in [1.54, 1.807) is 32.7 Å². The summed E-state index contributed by atoms with van der Waals surface area (Å²) in [6, 6.07) is 0. The van der Waals surface area contributed by atoms with Crippen LogP contribution in [0.3, 0.4) is 0 Å². The molecule has 0 N–H and O–H groups in total. The molecule has 0 bridgehead atoms. The zero-order valence-electron chi connectivity index (χ0n) is 15.1. The molecule has 2 atom stereocenters. The number of hydrogen-bond donors (Lipinski definition) is 0. The third kappa shape index (κ3) is 5.14. The predicted molar refractivity (Wildman–Crippen MR) is 90.2 cm³/mol. The first-order valence-corrected chi connectivity index (χ1v) is 8.34. The lowest BCUT2D eigenvalue weighted by atomic mass is 9.96. The van der Waals surface area contributed by atoms with Crippen molar-refractivity contribution in [1.29, 1.82) is 0 Å². The second-order valence-electron chi connectivity index (χ2n) is 7.46. The highest BCUT2D eigenvalue weighted by Crippen LogP contribution is 2.32. The van der Waals surface area contributed by atoms with E-state index in [2.05, 4.69) is 5.10 Å². The first-order chi connectivity index (χ1) is 11.6. The smallest absolute Gasteiger partial charge is 0.331 e. The van der Waals surface area contributed by atoms with Gasteiger partial charge in [-0.3, -0.25) is 14.9 Å². The molecular weight excluding hydrogens is 331 g/mol. The zero-order chi connectivity index (χ0) is 18.8. The van der Waals surface area contributed by atoms with E-state index < -0.39 is 16.7 Å². The number of carbonyl (C=O) groups is 1. The molecule has 25 heavy (non-hydrogen) atoms. The monoisotopic (exact) mass is 356 g/mol. The fraction of sp³-hybridized carbons (Fsp3) is 0.750. The number of ether oxygens (including phenoxy) is 1. The van der Waals surface area contributed by atoms with Crippen LogP contribution in [0.5, 0.6) is 0 Å². The molecule has 1 aromatic rings. The van der Waals surface area contributed by atoms with Crippen molar-refractivity contribution in [3.05, 3.63) is 16.3 Å². The Balaban J connectivity index is 2.07. The quantitative estimate of drug-likeness (QED) is 0.468. The van der Waals surface area contributed by atoms with E-state index in [4.69, 9.17) is 4.74 Å². The summed E-state index contributed by atoms with van der Waals surface area (Å²) in [4.78, 5) is 24.3. The molecule has 2 heterocycles. The average Bonchev–Trinajstić information content (AvgIpc) is 2.73. The highest BCUT2D eigenvalue weighted by molar-refractivity contribution is 5.70. The van der Waals surface area contributed by atoms with Crippen LogP contribution >= 0.6 is 0 Å². The molecule has 1 saturated heterocycles. The van der Waals surface area contributed by atoms with Gasteiger partial charge in [0.25, 0.3) is 0 Å². The number of aryl methyl sites for hydroxylation is 1. The first-order valence-electron chi connectivity index (χ1n) is 8.34. The highest BCUT2D eigenvalue weighted by Gasteiger charge is 2.32. The third-order valence-corrected chi connectivity index (χ3v) is 4.08. The third-order valence-electron chi connectivity index (χ3n) is 4.08. The van der Waals surface area contributed by atoms with Crippen molar-refractivity contribution < 1.29 is 18.8 Å². The second-order valence-corrected chi connectivity index (χ2v) is 7.46. The van der Waals surface area contributed by atoms with Gasteiger partial charge in [-0.2, -0.15) is 5.10 Å². The van der Waals surface area contributed by atoms with Crippen molar-refractivity contribution in [1.82, 2.24) is 9.78 Å². The molecule has 2 unspecified atom stereocenters. The van der Waals surface area contributed by atoms with Crippen LogP contribution in [-0.2, 0) is 16.6 Å². The lowest BCUT2D eigenvalue weighted by Crippen LogP contribution is -2.31. The Hall–Kier alpha value is -2.19.